The minimum absolute atomic E-state index is 0.213. The first-order valence-electron chi connectivity index (χ1n) is 2.34. The van der Waals surface area contributed by atoms with Crippen molar-refractivity contribution in [3.63, 3.8) is 0 Å². The van der Waals surface area contributed by atoms with Crippen LogP contribution >= 0.6 is 0 Å². The molecule has 48 valence electrons. The van der Waals surface area contributed by atoms with Crippen LogP contribution in [0, 0.1) is 5.41 Å². The average Bonchev–Trinajstić information content (AvgIpc) is 1.87. The molecular weight excluding hydrogens is 121 g/mol. The Morgan fingerprint density at radius 1 is 1.78 bits per heavy atom. The number of ether oxygens (including phenoxy) is 1. The van der Waals surface area contributed by atoms with Crippen molar-refractivity contribution in [1.82, 2.24) is 0 Å². The molecule has 0 spiro atoms. The molecule has 0 atom stereocenters. The van der Waals surface area contributed by atoms with E-state index in [9.17, 15) is 4.79 Å². The summed E-state index contributed by atoms with van der Waals surface area (Å²) in [4.78, 5) is 10.3. The molecule has 0 aromatic heterocycles. The van der Waals surface area contributed by atoms with Gasteiger partial charge in [0.25, 0.3) is 5.90 Å². The van der Waals surface area contributed by atoms with Gasteiger partial charge in [-0.15, -0.1) is 0 Å². The van der Waals surface area contributed by atoms with Crippen molar-refractivity contribution in [3.8, 4) is 0 Å². The Kier molecular flexibility index (Phi) is 3.51. The zero-order valence-corrected chi connectivity index (χ0v) is 5.01. The molecule has 0 heterocycles. The van der Waals surface area contributed by atoms with Crippen molar-refractivity contribution >= 4 is 19.9 Å². The maximum atomic E-state index is 10.3. The predicted molar refractivity (Wildman–Crippen MR) is 31.2 cm³/mol. The van der Waals surface area contributed by atoms with Crippen LogP contribution in [-0.2, 0) is 14.2 Å². The van der Waals surface area contributed by atoms with E-state index in [1.165, 1.54) is 0 Å². The van der Waals surface area contributed by atoms with Gasteiger partial charge in [-0.05, 0) is 6.92 Å². The Labute approximate surface area is 54.1 Å². The number of hydrogen-bond donors (Lipinski definition) is 1. The van der Waals surface area contributed by atoms with Crippen molar-refractivity contribution in [2.75, 3.05) is 6.61 Å². The Hall–Kier alpha value is -0.995. The van der Waals surface area contributed by atoms with Gasteiger partial charge in [0.15, 0.2) is 0 Å². The highest BCUT2D eigenvalue weighted by atomic mass is 16.6. The van der Waals surface area contributed by atoms with Crippen molar-refractivity contribution < 1.29 is 14.2 Å². The number of carbonyl (C=O) groups is 1. The molecule has 2 radical (unpaired) electrons. The van der Waals surface area contributed by atoms with Crippen LogP contribution in [0.4, 0.5) is 0 Å². The summed E-state index contributed by atoms with van der Waals surface area (Å²) in [5.74, 6) is -1.53. The highest BCUT2D eigenvalue weighted by Crippen LogP contribution is 1.80. The lowest BCUT2D eigenvalue weighted by molar-refractivity contribution is -0.136. The normalized spacial score (nSPS) is 8.11. The highest BCUT2D eigenvalue weighted by Gasteiger charge is 2.07. The molecule has 0 unspecified atom stereocenters. The number of carbonyl (C=O) groups excluding carboxylic acids is 1. The van der Waals surface area contributed by atoms with Crippen molar-refractivity contribution in [1.29, 1.82) is 5.41 Å². The van der Waals surface area contributed by atoms with E-state index in [4.69, 9.17) is 5.41 Å². The van der Waals surface area contributed by atoms with E-state index >= 15 is 0 Å². The van der Waals surface area contributed by atoms with Crippen molar-refractivity contribution in [2.45, 2.75) is 6.92 Å². The zero-order valence-electron chi connectivity index (χ0n) is 5.01. The predicted octanol–water partition coefficient (Wildman–Crippen LogP) is -0.373. The Bertz CT molecular complexity index is 125. The van der Waals surface area contributed by atoms with Gasteiger partial charge in [0.1, 0.15) is 0 Å². The van der Waals surface area contributed by atoms with Crippen LogP contribution in [0.3, 0.4) is 0 Å². The molecular formula is C4H6BNO3. The molecule has 0 amide bonds. The second-order valence-corrected chi connectivity index (χ2v) is 1.17. The molecule has 1 N–H and O–H groups in total. The van der Waals surface area contributed by atoms with Crippen LogP contribution in [-0.4, -0.2) is 26.5 Å². The standard InChI is InChI=1S/C4H6BNO3/c1-2-8-4(7)3(6)9-5/h6H,2H2,1H3. The van der Waals surface area contributed by atoms with Gasteiger partial charge in [-0.3, -0.25) is 5.41 Å². The second kappa shape index (κ2) is 3.94. The minimum Gasteiger partial charge on any atom is -0.550 e. The fraction of sp³-hybridized carbons (Fsp3) is 0.500. The van der Waals surface area contributed by atoms with E-state index in [2.05, 4.69) is 17.4 Å². The summed E-state index contributed by atoms with van der Waals surface area (Å²) in [6.45, 7) is 1.84. The van der Waals surface area contributed by atoms with Gasteiger partial charge in [-0.1, -0.05) is 0 Å². The zero-order chi connectivity index (χ0) is 7.28. The third-order valence-corrected chi connectivity index (χ3v) is 0.579. The second-order valence-electron chi connectivity index (χ2n) is 1.17. The van der Waals surface area contributed by atoms with E-state index in [-0.39, 0.29) is 6.61 Å². The first kappa shape index (κ1) is 8.00. The molecule has 0 bridgehead atoms. The van der Waals surface area contributed by atoms with Crippen LogP contribution in [0.5, 0.6) is 0 Å². The van der Waals surface area contributed by atoms with Gasteiger partial charge in [0.2, 0.25) is 0 Å². The molecule has 9 heavy (non-hydrogen) atoms. The molecule has 0 aromatic carbocycles. The maximum Gasteiger partial charge on any atom is 0.391 e. The molecule has 0 saturated carbocycles. The van der Waals surface area contributed by atoms with Gasteiger partial charge >= 0.3 is 14.0 Å². The van der Waals surface area contributed by atoms with E-state index in [0.29, 0.717) is 0 Å². The lowest BCUT2D eigenvalue weighted by Crippen LogP contribution is -2.18. The number of esters is 1. The SMILES string of the molecule is [B]OC(=N)C(=O)OCC. The van der Waals surface area contributed by atoms with Crippen LogP contribution < -0.4 is 0 Å². The molecule has 0 aliphatic rings. The highest BCUT2D eigenvalue weighted by molar-refractivity contribution is 6.35. The molecule has 4 nitrogen and oxygen atoms in total. The van der Waals surface area contributed by atoms with E-state index < -0.39 is 11.9 Å². The summed E-state index contributed by atoms with van der Waals surface area (Å²) in [5, 5.41) is 6.62. The van der Waals surface area contributed by atoms with Gasteiger partial charge in [-0.2, -0.15) is 0 Å². The molecule has 0 rings (SSSR count). The molecule has 0 aromatic rings. The van der Waals surface area contributed by atoms with Gasteiger partial charge in [-0.25, -0.2) is 4.79 Å². The lowest BCUT2D eigenvalue weighted by atomic mass is 10.5. The van der Waals surface area contributed by atoms with Crippen LogP contribution in [0.25, 0.3) is 0 Å². The molecule has 0 fully saturated rings. The quantitative estimate of drug-likeness (QED) is 0.226. The van der Waals surface area contributed by atoms with Crippen LogP contribution in [0.1, 0.15) is 6.92 Å². The van der Waals surface area contributed by atoms with Crippen LogP contribution in [0.2, 0.25) is 0 Å². The molecule has 0 aliphatic carbocycles. The Morgan fingerprint density at radius 3 is 2.67 bits per heavy atom. The summed E-state index contributed by atoms with van der Waals surface area (Å²) in [5.41, 5.74) is 0. The number of nitrogens with one attached hydrogen (secondary N) is 1. The van der Waals surface area contributed by atoms with Crippen molar-refractivity contribution in [3.05, 3.63) is 0 Å². The van der Waals surface area contributed by atoms with E-state index in [1.807, 2.05) is 0 Å². The number of hydrogen-bond acceptors (Lipinski definition) is 4. The summed E-state index contributed by atoms with van der Waals surface area (Å²) < 4.78 is 8.10. The fourth-order valence-electron chi connectivity index (χ4n) is 0.245. The van der Waals surface area contributed by atoms with Gasteiger partial charge < -0.3 is 9.39 Å². The summed E-state index contributed by atoms with van der Waals surface area (Å²) >= 11 is 0. The Balaban J connectivity index is 3.60. The molecule has 5 heteroatoms. The van der Waals surface area contributed by atoms with Crippen molar-refractivity contribution in [2.24, 2.45) is 0 Å². The fourth-order valence-corrected chi connectivity index (χ4v) is 0.245. The first-order chi connectivity index (χ1) is 4.22. The topological polar surface area (TPSA) is 59.4 Å². The smallest absolute Gasteiger partial charge is 0.391 e. The summed E-state index contributed by atoms with van der Waals surface area (Å²) in [6, 6.07) is 0. The first-order valence-corrected chi connectivity index (χ1v) is 2.34. The van der Waals surface area contributed by atoms with E-state index in [1.54, 1.807) is 6.92 Å². The third kappa shape index (κ3) is 2.74. The summed E-state index contributed by atoms with van der Waals surface area (Å²) in [7, 11) is 4.48. The molecule has 0 saturated heterocycles. The molecule has 0 aliphatic heterocycles. The lowest BCUT2D eigenvalue weighted by Gasteiger charge is -1.99. The van der Waals surface area contributed by atoms with Gasteiger partial charge in [0, 0.05) is 0 Å². The van der Waals surface area contributed by atoms with Crippen LogP contribution in [0.15, 0.2) is 0 Å². The average molecular weight is 127 g/mol. The Morgan fingerprint density at radius 2 is 2.33 bits per heavy atom. The summed E-state index contributed by atoms with van der Waals surface area (Å²) in [6.07, 6.45) is 0. The monoisotopic (exact) mass is 127 g/mol. The minimum atomic E-state index is -0.847. The number of rotatable bonds is 1. The van der Waals surface area contributed by atoms with Gasteiger partial charge in [0.05, 0.1) is 6.61 Å². The maximum absolute atomic E-state index is 10.3. The third-order valence-electron chi connectivity index (χ3n) is 0.579. The van der Waals surface area contributed by atoms with E-state index in [0.717, 1.165) is 0 Å². The largest absolute Gasteiger partial charge is 0.550 e.